The van der Waals surface area contributed by atoms with Crippen LogP contribution in [0.5, 0.6) is 0 Å². The van der Waals surface area contributed by atoms with E-state index in [1.165, 1.54) is 7.11 Å². The third-order valence-electron chi connectivity index (χ3n) is 3.24. The molecule has 2 rings (SSSR count). The number of rotatable bonds is 1. The highest BCUT2D eigenvalue weighted by Gasteiger charge is 2.45. The van der Waals surface area contributed by atoms with E-state index in [1.54, 1.807) is 6.21 Å². The van der Waals surface area contributed by atoms with Gasteiger partial charge in [-0.25, -0.2) is 0 Å². The number of ether oxygens (including phenoxy) is 1. The van der Waals surface area contributed by atoms with Gasteiger partial charge in [-0.2, -0.15) is 0 Å². The summed E-state index contributed by atoms with van der Waals surface area (Å²) in [4.78, 5) is 15.9. The molecule has 2 unspecified atom stereocenters. The lowest BCUT2D eigenvalue weighted by Crippen LogP contribution is -2.30. The van der Waals surface area contributed by atoms with Gasteiger partial charge in [0.25, 0.3) is 0 Å². The molecule has 3 heteroatoms. The van der Waals surface area contributed by atoms with E-state index in [4.69, 9.17) is 4.74 Å². The minimum atomic E-state index is -0.113. The molecule has 4 atom stereocenters. The first-order chi connectivity index (χ1) is 6.74. The molecule has 0 N–H and O–H groups in total. The second kappa shape index (κ2) is 3.56. The Morgan fingerprint density at radius 3 is 3.07 bits per heavy atom. The maximum atomic E-state index is 11.6. The van der Waals surface area contributed by atoms with Crippen LogP contribution < -0.4 is 0 Å². The molecule has 1 fully saturated rings. The molecule has 0 radical (unpaired) electrons. The fourth-order valence-electron chi connectivity index (χ4n) is 2.56. The first-order valence-electron chi connectivity index (χ1n) is 5.02. The SMILES string of the molecule is COC(=O)[C@@H]1C2N=CC=CC2C[C@H]1C. The minimum absolute atomic E-state index is 0.0498. The summed E-state index contributed by atoms with van der Waals surface area (Å²) in [5.74, 6) is 0.639. The largest absolute Gasteiger partial charge is 0.469 e. The molecule has 0 bridgehead atoms. The van der Waals surface area contributed by atoms with E-state index in [2.05, 4.69) is 18.0 Å². The average molecular weight is 193 g/mol. The second-order valence-corrected chi connectivity index (χ2v) is 4.10. The van der Waals surface area contributed by atoms with Crippen molar-refractivity contribution in [3.05, 3.63) is 12.2 Å². The van der Waals surface area contributed by atoms with Crippen LogP contribution in [-0.4, -0.2) is 25.3 Å². The van der Waals surface area contributed by atoms with Crippen LogP contribution in [0.15, 0.2) is 17.1 Å². The minimum Gasteiger partial charge on any atom is -0.469 e. The van der Waals surface area contributed by atoms with Gasteiger partial charge in [0.05, 0.1) is 19.1 Å². The summed E-state index contributed by atoms with van der Waals surface area (Å²) < 4.78 is 4.82. The zero-order chi connectivity index (χ0) is 10.1. The summed E-state index contributed by atoms with van der Waals surface area (Å²) in [5, 5.41) is 0. The van der Waals surface area contributed by atoms with Gasteiger partial charge in [0.1, 0.15) is 0 Å². The van der Waals surface area contributed by atoms with E-state index in [-0.39, 0.29) is 17.9 Å². The molecule has 0 aromatic rings. The summed E-state index contributed by atoms with van der Waals surface area (Å²) >= 11 is 0. The molecule has 0 amide bonds. The summed E-state index contributed by atoms with van der Waals surface area (Å²) in [7, 11) is 1.45. The standard InChI is InChI=1S/C11H15NO2/c1-7-6-8-4-3-5-12-10(8)9(7)11(13)14-2/h3-5,7-10H,6H2,1-2H3/t7-,8?,9+,10?/m1/s1. The van der Waals surface area contributed by atoms with E-state index in [9.17, 15) is 4.79 Å². The quantitative estimate of drug-likeness (QED) is 0.591. The van der Waals surface area contributed by atoms with Crippen molar-refractivity contribution in [2.24, 2.45) is 22.7 Å². The number of hydrogen-bond acceptors (Lipinski definition) is 3. The normalized spacial score (nSPS) is 39.6. The van der Waals surface area contributed by atoms with E-state index in [0.717, 1.165) is 6.42 Å². The Labute approximate surface area is 83.9 Å². The Kier molecular flexibility index (Phi) is 2.40. The highest BCUT2D eigenvalue weighted by Crippen LogP contribution is 2.40. The molecular formula is C11H15NO2. The van der Waals surface area contributed by atoms with Crippen LogP contribution in [0.25, 0.3) is 0 Å². The van der Waals surface area contributed by atoms with Crippen molar-refractivity contribution < 1.29 is 9.53 Å². The summed E-state index contributed by atoms with van der Waals surface area (Å²) in [6.45, 7) is 2.10. The number of fused-ring (bicyclic) bond motifs is 1. The van der Waals surface area contributed by atoms with Crippen molar-refractivity contribution in [2.75, 3.05) is 7.11 Å². The molecule has 0 aromatic heterocycles. The van der Waals surface area contributed by atoms with Crippen LogP contribution >= 0.6 is 0 Å². The Bertz CT molecular complexity index is 296. The van der Waals surface area contributed by atoms with Crippen LogP contribution in [0.3, 0.4) is 0 Å². The van der Waals surface area contributed by atoms with Gasteiger partial charge in [0, 0.05) is 12.1 Å². The zero-order valence-corrected chi connectivity index (χ0v) is 8.51. The van der Waals surface area contributed by atoms with E-state index < -0.39 is 0 Å². The molecule has 1 aliphatic heterocycles. The topological polar surface area (TPSA) is 38.7 Å². The van der Waals surface area contributed by atoms with Gasteiger partial charge in [-0.3, -0.25) is 9.79 Å². The monoisotopic (exact) mass is 193 g/mol. The number of allylic oxidation sites excluding steroid dienone is 1. The summed E-state index contributed by atoms with van der Waals surface area (Å²) in [6.07, 6.45) is 6.94. The highest BCUT2D eigenvalue weighted by molar-refractivity contribution is 5.77. The molecular weight excluding hydrogens is 178 g/mol. The maximum Gasteiger partial charge on any atom is 0.311 e. The number of carbonyl (C=O) groups excluding carboxylic acids is 1. The van der Waals surface area contributed by atoms with Crippen LogP contribution in [0.2, 0.25) is 0 Å². The molecule has 2 aliphatic rings. The van der Waals surface area contributed by atoms with Crippen molar-refractivity contribution >= 4 is 12.2 Å². The van der Waals surface area contributed by atoms with Crippen molar-refractivity contribution in [1.29, 1.82) is 0 Å². The van der Waals surface area contributed by atoms with Gasteiger partial charge >= 0.3 is 5.97 Å². The molecule has 0 aromatic carbocycles. The predicted molar refractivity (Wildman–Crippen MR) is 54.2 cm³/mol. The number of dihydropyridines is 1. The van der Waals surface area contributed by atoms with Crippen molar-refractivity contribution in [3.8, 4) is 0 Å². The third kappa shape index (κ3) is 1.37. The fraction of sp³-hybridized carbons (Fsp3) is 0.636. The van der Waals surface area contributed by atoms with Gasteiger partial charge in [-0.05, 0) is 18.4 Å². The van der Waals surface area contributed by atoms with E-state index in [0.29, 0.717) is 11.8 Å². The highest BCUT2D eigenvalue weighted by atomic mass is 16.5. The van der Waals surface area contributed by atoms with Gasteiger partial charge in [0.15, 0.2) is 0 Å². The van der Waals surface area contributed by atoms with Crippen LogP contribution in [0.1, 0.15) is 13.3 Å². The second-order valence-electron chi connectivity index (χ2n) is 4.10. The first-order valence-corrected chi connectivity index (χ1v) is 5.02. The number of carbonyl (C=O) groups is 1. The summed E-state index contributed by atoms with van der Waals surface area (Å²) in [6, 6.07) is 0.113. The third-order valence-corrected chi connectivity index (χ3v) is 3.24. The molecule has 3 nitrogen and oxygen atoms in total. The Morgan fingerprint density at radius 1 is 1.57 bits per heavy atom. The lowest BCUT2D eigenvalue weighted by atomic mass is 9.94. The molecule has 0 saturated heterocycles. The number of aliphatic imine (C=N–C) groups is 1. The van der Waals surface area contributed by atoms with Gasteiger partial charge < -0.3 is 4.74 Å². The molecule has 76 valence electrons. The lowest BCUT2D eigenvalue weighted by molar-refractivity contribution is -0.146. The number of esters is 1. The summed E-state index contributed by atoms with van der Waals surface area (Å²) in [5.41, 5.74) is 0. The predicted octanol–water partition coefficient (Wildman–Crippen LogP) is 1.44. The average Bonchev–Trinajstić information content (AvgIpc) is 2.53. The number of hydrogen-bond donors (Lipinski definition) is 0. The van der Waals surface area contributed by atoms with Gasteiger partial charge in [-0.15, -0.1) is 0 Å². The van der Waals surface area contributed by atoms with E-state index in [1.807, 2.05) is 6.08 Å². The fourth-order valence-corrected chi connectivity index (χ4v) is 2.56. The zero-order valence-electron chi connectivity index (χ0n) is 8.51. The molecule has 1 heterocycles. The first kappa shape index (κ1) is 9.44. The van der Waals surface area contributed by atoms with Gasteiger partial charge in [-0.1, -0.05) is 13.0 Å². The number of methoxy groups -OCH3 is 1. The van der Waals surface area contributed by atoms with Crippen molar-refractivity contribution in [3.63, 3.8) is 0 Å². The van der Waals surface area contributed by atoms with Crippen molar-refractivity contribution in [1.82, 2.24) is 0 Å². The maximum absolute atomic E-state index is 11.6. The Hall–Kier alpha value is -1.12. The van der Waals surface area contributed by atoms with Crippen molar-refractivity contribution in [2.45, 2.75) is 19.4 Å². The molecule has 14 heavy (non-hydrogen) atoms. The van der Waals surface area contributed by atoms with E-state index >= 15 is 0 Å². The molecule has 1 saturated carbocycles. The van der Waals surface area contributed by atoms with Crippen LogP contribution in [-0.2, 0) is 9.53 Å². The van der Waals surface area contributed by atoms with Gasteiger partial charge in [0.2, 0.25) is 0 Å². The lowest BCUT2D eigenvalue weighted by Gasteiger charge is -2.20. The molecule has 1 aliphatic carbocycles. The Morgan fingerprint density at radius 2 is 2.36 bits per heavy atom. The number of nitrogens with zero attached hydrogens (tertiary/aromatic N) is 1. The smallest absolute Gasteiger partial charge is 0.311 e. The van der Waals surface area contributed by atoms with Crippen LogP contribution in [0, 0.1) is 17.8 Å². The Balaban J connectivity index is 2.21. The molecule has 0 spiro atoms. The van der Waals surface area contributed by atoms with Crippen LogP contribution in [0.4, 0.5) is 0 Å².